The standard InChI is InChI=1S/C15H18F3NO2/c1-9(2)12-6-10-4-5-19(14(20)15(16,17)18)8-11(10)7-13(12)21-3/h6-7,9H,4-5,8H2,1-3H3. The summed E-state index contributed by atoms with van der Waals surface area (Å²) in [7, 11) is 1.54. The molecular weight excluding hydrogens is 283 g/mol. The molecule has 0 aromatic heterocycles. The quantitative estimate of drug-likeness (QED) is 0.839. The number of amides is 1. The van der Waals surface area contributed by atoms with Crippen molar-refractivity contribution in [1.29, 1.82) is 0 Å². The molecule has 0 radical (unpaired) electrons. The Balaban J connectivity index is 2.31. The van der Waals surface area contributed by atoms with Gasteiger partial charge in [-0.15, -0.1) is 0 Å². The summed E-state index contributed by atoms with van der Waals surface area (Å²) in [6.45, 7) is 4.14. The van der Waals surface area contributed by atoms with Crippen LogP contribution < -0.4 is 4.74 Å². The average molecular weight is 301 g/mol. The van der Waals surface area contributed by atoms with Crippen LogP contribution in [0.15, 0.2) is 12.1 Å². The highest BCUT2D eigenvalue weighted by Crippen LogP contribution is 2.33. The average Bonchev–Trinajstić information content (AvgIpc) is 2.43. The molecule has 3 nitrogen and oxygen atoms in total. The summed E-state index contributed by atoms with van der Waals surface area (Å²) >= 11 is 0. The summed E-state index contributed by atoms with van der Waals surface area (Å²) in [5.41, 5.74) is 2.75. The fourth-order valence-corrected chi connectivity index (χ4v) is 2.59. The second-order valence-electron chi connectivity index (χ2n) is 5.49. The number of carbonyl (C=O) groups is 1. The maximum absolute atomic E-state index is 12.5. The van der Waals surface area contributed by atoms with Gasteiger partial charge in [0.1, 0.15) is 5.75 Å². The van der Waals surface area contributed by atoms with Gasteiger partial charge in [-0.05, 0) is 35.1 Å². The third kappa shape index (κ3) is 3.14. The number of hydrogen-bond donors (Lipinski definition) is 0. The Hall–Kier alpha value is -1.72. The second kappa shape index (κ2) is 5.58. The molecule has 1 aromatic rings. The van der Waals surface area contributed by atoms with E-state index in [1.165, 1.54) is 7.11 Å². The van der Waals surface area contributed by atoms with E-state index in [-0.39, 0.29) is 19.0 Å². The number of alkyl halides is 3. The third-order valence-corrected chi connectivity index (χ3v) is 3.72. The van der Waals surface area contributed by atoms with Gasteiger partial charge in [0.2, 0.25) is 0 Å². The van der Waals surface area contributed by atoms with Crippen LogP contribution in [0.25, 0.3) is 0 Å². The lowest BCUT2D eigenvalue weighted by atomic mass is 9.92. The number of rotatable bonds is 2. The van der Waals surface area contributed by atoms with E-state index in [0.29, 0.717) is 12.2 Å². The van der Waals surface area contributed by atoms with Gasteiger partial charge in [-0.2, -0.15) is 13.2 Å². The van der Waals surface area contributed by atoms with E-state index >= 15 is 0 Å². The predicted octanol–water partition coefficient (Wildman–Crippen LogP) is 3.27. The summed E-state index contributed by atoms with van der Waals surface area (Å²) in [6.07, 6.45) is -4.39. The molecule has 6 heteroatoms. The number of nitrogens with zero attached hydrogens (tertiary/aromatic N) is 1. The Kier molecular flexibility index (Phi) is 4.16. The first kappa shape index (κ1) is 15.7. The van der Waals surface area contributed by atoms with E-state index in [0.717, 1.165) is 21.6 Å². The molecule has 1 heterocycles. The van der Waals surface area contributed by atoms with Gasteiger partial charge in [-0.3, -0.25) is 4.79 Å². The van der Waals surface area contributed by atoms with E-state index in [2.05, 4.69) is 0 Å². The van der Waals surface area contributed by atoms with Gasteiger partial charge >= 0.3 is 12.1 Å². The topological polar surface area (TPSA) is 29.5 Å². The summed E-state index contributed by atoms with van der Waals surface area (Å²) in [4.78, 5) is 12.2. The Morgan fingerprint density at radius 3 is 2.48 bits per heavy atom. The van der Waals surface area contributed by atoms with Crippen LogP contribution in [0.1, 0.15) is 36.5 Å². The number of halogens is 3. The van der Waals surface area contributed by atoms with Crippen LogP contribution in [0.5, 0.6) is 5.75 Å². The van der Waals surface area contributed by atoms with E-state index < -0.39 is 12.1 Å². The van der Waals surface area contributed by atoms with Gasteiger partial charge < -0.3 is 9.64 Å². The highest BCUT2D eigenvalue weighted by molar-refractivity contribution is 5.82. The normalized spacial score (nSPS) is 15.1. The Bertz CT molecular complexity index is 553. The minimum atomic E-state index is -4.82. The van der Waals surface area contributed by atoms with Gasteiger partial charge in [0.25, 0.3) is 0 Å². The third-order valence-electron chi connectivity index (χ3n) is 3.72. The number of hydrogen-bond acceptors (Lipinski definition) is 2. The van der Waals surface area contributed by atoms with Gasteiger partial charge in [0, 0.05) is 13.1 Å². The Morgan fingerprint density at radius 2 is 1.95 bits per heavy atom. The van der Waals surface area contributed by atoms with Gasteiger partial charge in [0.15, 0.2) is 0 Å². The van der Waals surface area contributed by atoms with Crippen molar-refractivity contribution in [2.75, 3.05) is 13.7 Å². The van der Waals surface area contributed by atoms with Crippen molar-refractivity contribution in [3.63, 3.8) is 0 Å². The highest BCUT2D eigenvalue weighted by atomic mass is 19.4. The van der Waals surface area contributed by atoms with E-state index in [1.807, 2.05) is 19.9 Å². The molecule has 0 aliphatic carbocycles. The number of methoxy groups -OCH3 is 1. The lowest BCUT2D eigenvalue weighted by molar-refractivity contribution is -0.186. The first-order valence-corrected chi connectivity index (χ1v) is 6.79. The van der Waals surface area contributed by atoms with Crippen LogP contribution >= 0.6 is 0 Å². The second-order valence-corrected chi connectivity index (χ2v) is 5.49. The SMILES string of the molecule is COc1cc2c(cc1C(C)C)CCN(C(=O)C(F)(F)F)C2. The number of benzene rings is 1. The van der Waals surface area contributed by atoms with Crippen LogP contribution in [0.2, 0.25) is 0 Å². The summed E-state index contributed by atoms with van der Waals surface area (Å²) in [5, 5.41) is 0. The molecule has 1 aromatic carbocycles. The molecule has 1 aliphatic rings. The molecule has 0 saturated heterocycles. The fourth-order valence-electron chi connectivity index (χ4n) is 2.59. The zero-order chi connectivity index (χ0) is 15.8. The number of fused-ring (bicyclic) bond motifs is 1. The monoisotopic (exact) mass is 301 g/mol. The van der Waals surface area contributed by atoms with Crippen molar-refractivity contribution in [2.24, 2.45) is 0 Å². The molecule has 116 valence electrons. The smallest absolute Gasteiger partial charge is 0.471 e. The minimum Gasteiger partial charge on any atom is -0.496 e. The Morgan fingerprint density at radius 1 is 1.29 bits per heavy atom. The largest absolute Gasteiger partial charge is 0.496 e. The van der Waals surface area contributed by atoms with Crippen molar-refractivity contribution in [3.8, 4) is 5.75 Å². The van der Waals surface area contributed by atoms with Crippen LogP contribution in [0.4, 0.5) is 13.2 Å². The summed E-state index contributed by atoms with van der Waals surface area (Å²) in [6, 6.07) is 3.73. The van der Waals surface area contributed by atoms with Crippen LogP contribution in [0.3, 0.4) is 0 Å². The van der Waals surface area contributed by atoms with Crippen molar-refractivity contribution < 1.29 is 22.7 Å². The molecule has 2 rings (SSSR count). The Labute approximate surface area is 121 Å². The van der Waals surface area contributed by atoms with Crippen molar-refractivity contribution in [3.05, 3.63) is 28.8 Å². The van der Waals surface area contributed by atoms with Gasteiger partial charge in [0.05, 0.1) is 7.11 Å². The summed E-state index contributed by atoms with van der Waals surface area (Å²) < 4.78 is 42.8. The molecule has 0 spiro atoms. The lowest BCUT2D eigenvalue weighted by Crippen LogP contribution is -2.43. The van der Waals surface area contributed by atoms with E-state index in [9.17, 15) is 18.0 Å². The zero-order valence-corrected chi connectivity index (χ0v) is 12.3. The van der Waals surface area contributed by atoms with E-state index in [4.69, 9.17) is 4.74 Å². The van der Waals surface area contributed by atoms with Crippen LogP contribution in [-0.4, -0.2) is 30.6 Å². The molecule has 0 saturated carbocycles. The maximum atomic E-state index is 12.5. The highest BCUT2D eigenvalue weighted by Gasteiger charge is 2.43. The van der Waals surface area contributed by atoms with Crippen LogP contribution in [-0.2, 0) is 17.8 Å². The maximum Gasteiger partial charge on any atom is 0.471 e. The zero-order valence-electron chi connectivity index (χ0n) is 12.3. The number of carbonyl (C=O) groups excluding carboxylic acids is 1. The van der Waals surface area contributed by atoms with E-state index in [1.54, 1.807) is 6.07 Å². The first-order chi connectivity index (χ1) is 9.74. The fraction of sp³-hybridized carbons (Fsp3) is 0.533. The van der Waals surface area contributed by atoms with Gasteiger partial charge in [-0.1, -0.05) is 19.9 Å². The number of ether oxygens (including phenoxy) is 1. The molecule has 0 bridgehead atoms. The molecule has 0 fully saturated rings. The molecule has 1 aliphatic heterocycles. The van der Waals surface area contributed by atoms with Crippen molar-refractivity contribution >= 4 is 5.91 Å². The molecule has 21 heavy (non-hydrogen) atoms. The molecule has 0 unspecified atom stereocenters. The van der Waals surface area contributed by atoms with Crippen molar-refractivity contribution in [2.45, 2.75) is 38.9 Å². The summed E-state index contributed by atoms with van der Waals surface area (Å²) in [5.74, 6) is -0.856. The minimum absolute atomic E-state index is 0.0254. The first-order valence-electron chi connectivity index (χ1n) is 6.79. The lowest BCUT2D eigenvalue weighted by Gasteiger charge is -2.30. The van der Waals surface area contributed by atoms with Crippen molar-refractivity contribution in [1.82, 2.24) is 4.90 Å². The molecule has 0 N–H and O–H groups in total. The molecular formula is C15H18F3NO2. The molecule has 0 atom stereocenters. The van der Waals surface area contributed by atoms with Crippen LogP contribution in [0, 0.1) is 0 Å². The predicted molar refractivity (Wildman–Crippen MR) is 72.3 cm³/mol. The van der Waals surface area contributed by atoms with Gasteiger partial charge in [-0.25, -0.2) is 0 Å². The molecule has 1 amide bonds.